The third-order valence-corrected chi connectivity index (χ3v) is 3.79. The van der Waals surface area contributed by atoms with E-state index < -0.39 is 24.0 Å². The second kappa shape index (κ2) is 6.72. The molecule has 2 N–H and O–H groups in total. The monoisotopic (exact) mass is 313 g/mol. The van der Waals surface area contributed by atoms with Crippen LogP contribution in [0.1, 0.15) is 42.5 Å². The zero-order valence-electron chi connectivity index (χ0n) is 11.9. The van der Waals surface area contributed by atoms with Gasteiger partial charge in [-0.3, -0.25) is 4.79 Å². The Morgan fingerprint density at radius 3 is 2.50 bits per heavy atom. The molecule has 0 aliphatic heterocycles. The summed E-state index contributed by atoms with van der Waals surface area (Å²) in [6.07, 6.45) is 3.10. The van der Waals surface area contributed by atoms with E-state index in [1.54, 1.807) is 0 Å². The fraction of sp³-hybridized carbons (Fsp3) is 0.467. The Morgan fingerprint density at radius 2 is 1.91 bits per heavy atom. The number of carbonyl (C=O) groups is 2. The van der Waals surface area contributed by atoms with E-state index in [0.29, 0.717) is 12.8 Å². The van der Waals surface area contributed by atoms with E-state index in [-0.39, 0.29) is 11.3 Å². The van der Waals surface area contributed by atoms with Crippen LogP contribution in [0, 0.1) is 0 Å². The normalized spacial score (nSPS) is 17.0. The number of rotatable bonds is 5. The number of carboxylic acid groups (broad SMARTS) is 1. The molecule has 2 rings (SSSR count). The van der Waals surface area contributed by atoms with Gasteiger partial charge in [0.25, 0.3) is 5.91 Å². The van der Waals surface area contributed by atoms with E-state index in [0.717, 1.165) is 19.3 Å². The van der Waals surface area contributed by atoms with Crippen molar-refractivity contribution in [1.82, 2.24) is 5.32 Å². The number of amides is 1. The lowest BCUT2D eigenvalue weighted by Gasteiger charge is -2.34. The molecule has 0 saturated heterocycles. The molecule has 1 aliphatic rings. The van der Waals surface area contributed by atoms with Crippen molar-refractivity contribution in [3.05, 3.63) is 29.8 Å². The summed E-state index contributed by atoms with van der Waals surface area (Å²) in [6, 6.07) is 5.30. The molecule has 1 aromatic carbocycles. The molecule has 22 heavy (non-hydrogen) atoms. The Hall–Kier alpha value is -2.18. The van der Waals surface area contributed by atoms with E-state index in [2.05, 4.69) is 10.1 Å². The maximum atomic E-state index is 12.2. The number of hydrogen-bond donors (Lipinski definition) is 2. The fourth-order valence-electron chi connectivity index (χ4n) is 2.65. The van der Waals surface area contributed by atoms with Crippen LogP contribution in [0.15, 0.2) is 24.3 Å². The maximum absolute atomic E-state index is 12.2. The Balaban J connectivity index is 2.15. The van der Waals surface area contributed by atoms with E-state index >= 15 is 0 Å². The largest absolute Gasteiger partial charge is 0.480 e. The highest BCUT2D eigenvalue weighted by Gasteiger charge is 2.41. The van der Waals surface area contributed by atoms with Gasteiger partial charge in [-0.25, -0.2) is 4.79 Å². The predicted octanol–water partition coefficient (Wildman–Crippen LogP) is 2.81. The molecule has 0 heterocycles. The van der Waals surface area contributed by atoms with Crippen molar-refractivity contribution in [3.63, 3.8) is 0 Å². The smallest absolute Gasteiger partial charge is 0.387 e. The van der Waals surface area contributed by atoms with Crippen molar-refractivity contribution in [1.29, 1.82) is 0 Å². The minimum atomic E-state index is -2.98. The van der Waals surface area contributed by atoms with Gasteiger partial charge in [0.05, 0.1) is 0 Å². The molecule has 1 aromatic rings. The number of benzene rings is 1. The number of alkyl halides is 2. The Morgan fingerprint density at radius 1 is 1.23 bits per heavy atom. The minimum Gasteiger partial charge on any atom is -0.480 e. The van der Waals surface area contributed by atoms with Crippen LogP contribution in [0.25, 0.3) is 0 Å². The Bertz CT molecular complexity index is 556. The number of carboxylic acids is 1. The van der Waals surface area contributed by atoms with Gasteiger partial charge >= 0.3 is 12.6 Å². The van der Waals surface area contributed by atoms with Gasteiger partial charge in [0.15, 0.2) is 0 Å². The molecular formula is C15H17F2NO4. The molecule has 1 aliphatic carbocycles. The standard InChI is InChI=1S/C15H17F2NO4/c16-14(17)22-11-6-4-5-10(9-11)12(19)18-15(13(20)21)7-2-1-3-8-15/h4-6,9,14H,1-3,7-8H2,(H,18,19)(H,20,21). The van der Waals surface area contributed by atoms with Gasteiger partial charge in [-0.1, -0.05) is 25.3 Å². The molecule has 1 fully saturated rings. The Kier molecular flexibility index (Phi) is 4.95. The SMILES string of the molecule is O=C(NC1(C(=O)O)CCCCC1)c1cccc(OC(F)F)c1. The van der Waals surface area contributed by atoms with Crippen molar-refractivity contribution in [3.8, 4) is 5.75 Å². The lowest BCUT2D eigenvalue weighted by atomic mass is 9.81. The first-order chi connectivity index (χ1) is 10.4. The zero-order valence-corrected chi connectivity index (χ0v) is 11.9. The van der Waals surface area contributed by atoms with Crippen molar-refractivity contribution in [2.45, 2.75) is 44.3 Å². The summed E-state index contributed by atoms with van der Waals surface area (Å²) in [5.41, 5.74) is -1.20. The lowest BCUT2D eigenvalue weighted by molar-refractivity contribution is -0.145. The number of carbonyl (C=O) groups excluding carboxylic acids is 1. The summed E-state index contributed by atoms with van der Waals surface area (Å²) in [5, 5.41) is 12.0. The van der Waals surface area contributed by atoms with E-state index in [1.807, 2.05) is 0 Å². The van der Waals surface area contributed by atoms with E-state index in [1.165, 1.54) is 24.3 Å². The molecule has 7 heteroatoms. The van der Waals surface area contributed by atoms with Crippen molar-refractivity contribution >= 4 is 11.9 Å². The summed E-state index contributed by atoms with van der Waals surface area (Å²) in [5.74, 6) is -1.82. The summed E-state index contributed by atoms with van der Waals surface area (Å²) in [7, 11) is 0. The van der Waals surface area contributed by atoms with Gasteiger partial charge in [-0.2, -0.15) is 8.78 Å². The summed E-state index contributed by atoms with van der Waals surface area (Å²) < 4.78 is 28.6. The van der Waals surface area contributed by atoms with Gasteiger partial charge in [0.1, 0.15) is 11.3 Å². The molecular weight excluding hydrogens is 296 g/mol. The lowest BCUT2D eigenvalue weighted by Crippen LogP contribution is -2.55. The van der Waals surface area contributed by atoms with Crippen LogP contribution in [-0.2, 0) is 4.79 Å². The van der Waals surface area contributed by atoms with Crippen LogP contribution in [-0.4, -0.2) is 29.1 Å². The number of aliphatic carboxylic acids is 1. The van der Waals surface area contributed by atoms with Crippen molar-refractivity contribution in [2.75, 3.05) is 0 Å². The van der Waals surface area contributed by atoms with E-state index in [9.17, 15) is 23.5 Å². The first kappa shape index (κ1) is 16.2. The highest BCUT2D eigenvalue weighted by Crippen LogP contribution is 2.29. The molecule has 120 valence electrons. The molecule has 0 unspecified atom stereocenters. The fourth-order valence-corrected chi connectivity index (χ4v) is 2.65. The van der Waals surface area contributed by atoms with Gasteiger partial charge in [-0.15, -0.1) is 0 Å². The second-order valence-corrected chi connectivity index (χ2v) is 5.31. The topological polar surface area (TPSA) is 75.6 Å². The van der Waals surface area contributed by atoms with Crippen LogP contribution in [0.5, 0.6) is 5.75 Å². The zero-order chi connectivity index (χ0) is 16.2. The van der Waals surface area contributed by atoms with Crippen LogP contribution in [0.3, 0.4) is 0 Å². The molecule has 1 saturated carbocycles. The first-order valence-electron chi connectivity index (χ1n) is 7.04. The number of hydrogen-bond acceptors (Lipinski definition) is 3. The maximum Gasteiger partial charge on any atom is 0.387 e. The van der Waals surface area contributed by atoms with Gasteiger partial charge in [-0.05, 0) is 31.0 Å². The molecule has 1 amide bonds. The molecule has 0 bridgehead atoms. The molecule has 5 nitrogen and oxygen atoms in total. The number of halogens is 2. The molecule has 0 spiro atoms. The van der Waals surface area contributed by atoms with Crippen LogP contribution < -0.4 is 10.1 Å². The van der Waals surface area contributed by atoms with Gasteiger partial charge in [0.2, 0.25) is 0 Å². The quantitative estimate of drug-likeness (QED) is 0.876. The third-order valence-electron chi connectivity index (χ3n) is 3.79. The summed E-state index contributed by atoms with van der Waals surface area (Å²) >= 11 is 0. The molecule has 0 radical (unpaired) electrons. The number of ether oxygens (including phenoxy) is 1. The molecule has 0 atom stereocenters. The van der Waals surface area contributed by atoms with Crippen LogP contribution >= 0.6 is 0 Å². The van der Waals surface area contributed by atoms with Crippen LogP contribution in [0.2, 0.25) is 0 Å². The van der Waals surface area contributed by atoms with Crippen molar-refractivity contribution in [2.24, 2.45) is 0 Å². The highest BCUT2D eigenvalue weighted by atomic mass is 19.3. The summed E-state index contributed by atoms with van der Waals surface area (Å²) in [6.45, 7) is -2.98. The summed E-state index contributed by atoms with van der Waals surface area (Å²) in [4.78, 5) is 23.8. The van der Waals surface area contributed by atoms with E-state index in [4.69, 9.17) is 0 Å². The van der Waals surface area contributed by atoms with Gasteiger partial charge < -0.3 is 15.2 Å². The van der Waals surface area contributed by atoms with Gasteiger partial charge in [0, 0.05) is 5.56 Å². The molecule has 0 aromatic heterocycles. The minimum absolute atomic E-state index is 0.0874. The average Bonchev–Trinajstić information content (AvgIpc) is 2.47. The van der Waals surface area contributed by atoms with Crippen molar-refractivity contribution < 1.29 is 28.2 Å². The second-order valence-electron chi connectivity index (χ2n) is 5.31. The van der Waals surface area contributed by atoms with Crippen LogP contribution in [0.4, 0.5) is 8.78 Å². The number of nitrogens with one attached hydrogen (secondary N) is 1. The highest BCUT2D eigenvalue weighted by molar-refractivity contribution is 5.98. The Labute approximate surface area is 126 Å². The third kappa shape index (κ3) is 3.72. The predicted molar refractivity (Wildman–Crippen MR) is 74.0 cm³/mol. The first-order valence-corrected chi connectivity index (χ1v) is 7.04. The average molecular weight is 313 g/mol.